The van der Waals surface area contributed by atoms with E-state index >= 15 is 0 Å². The Hall–Kier alpha value is -2.19. The van der Waals surface area contributed by atoms with Gasteiger partial charge in [0.15, 0.2) is 0 Å². The van der Waals surface area contributed by atoms with Gasteiger partial charge in [-0.05, 0) is 72.1 Å². The summed E-state index contributed by atoms with van der Waals surface area (Å²) in [6.45, 7) is 16.4. The first kappa shape index (κ1) is 29.4. The van der Waals surface area contributed by atoms with E-state index in [4.69, 9.17) is 9.47 Å². The van der Waals surface area contributed by atoms with Crippen LogP contribution in [0.2, 0.25) is 0 Å². The molecule has 0 aliphatic carbocycles. The van der Waals surface area contributed by atoms with Crippen molar-refractivity contribution in [2.75, 3.05) is 26.3 Å². The Bertz CT molecular complexity index is 882. The smallest absolute Gasteiger partial charge is 0.312 e. The number of likely N-dealkylation sites (tertiary alicyclic amines) is 1. The zero-order valence-corrected chi connectivity index (χ0v) is 23.2. The van der Waals surface area contributed by atoms with Crippen molar-refractivity contribution in [3.05, 3.63) is 25.3 Å². The number of nitrogens with zero attached hydrogens (tertiary/aromatic N) is 2. The van der Waals surface area contributed by atoms with Gasteiger partial charge in [-0.25, -0.2) is 0 Å². The first-order valence-electron chi connectivity index (χ1n) is 13.9. The van der Waals surface area contributed by atoms with Gasteiger partial charge in [-0.3, -0.25) is 14.4 Å². The number of aliphatic hydroxyl groups is 1. The van der Waals surface area contributed by atoms with E-state index in [2.05, 4.69) is 13.2 Å². The third-order valence-corrected chi connectivity index (χ3v) is 8.41. The molecule has 0 aromatic rings. The molecule has 3 aliphatic heterocycles. The van der Waals surface area contributed by atoms with Crippen LogP contribution in [-0.4, -0.2) is 81.8 Å². The molecular weight excluding hydrogens is 472 g/mol. The van der Waals surface area contributed by atoms with Crippen molar-refractivity contribution in [1.29, 1.82) is 0 Å². The number of amides is 2. The predicted octanol–water partition coefficient (Wildman–Crippen LogP) is 3.63. The first-order chi connectivity index (χ1) is 17.5. The molecule has 5 atom stereocenters. The van der Waals surface area contributed by atoms with E-state index in [0.717, 1.165) is 19.3 Å². The monoisotopic (exact) mass is 518 g/mol. The van der Waals surface area contributed by atoms with Crippen LogP contribution >= 0.6 is 0 Å². The van der Waals surface area contributed by atoms with E-state index in [1.807, 2.05) is 33.8 Å². The summed E-state index contributed by atoms with van der Waals surface area (Å²) in [6, 6.07) is -0.832. The molecule has 3 saturated heterocycles. The minimum atomic E-state index is -1.07. The second-order valence-corrected chi connectivity index (χ2v) is 11.7. The summed E-state index contributed by atoms with van der Waals surface area (Å²) in [4.78, 5) is 45.2. The minimum Gasteiger partial charge on any atom is -0.465 e. The molecule has 0 saturated carbocycles. The molecule has 8 nitrogen and oxygen atoms in total. The van der Waals surface area contributed by atoms with Gasteiger partial charge in [0.1, 0.15) is 17.6 Å². The van der Waals surface area contributed by atoms with Gasteiger partial charge >= 0.3 is 5.97 Å². The fourth-order valence-corrected chi connectivity index (χ4v) is 6.61. The van der Waals surface area contributed by atoms with Gasteiger partial charge in [-0.1, -0.05) is 19.1 Å². The average molecular weight is 519 g/mol. The molecule has 3 heterocycles. The third-order valence-electron chi connectivity index (χ3n) is 8.41. The van der Waals surface area contributed by atoms with E-state index < -0.39 is 40.6 Å². The summed E-state index contributed by atoms with van der Waals surface area (Å²) >= 11 is 0. The van der Waals surface area contributed by atoms with Gasteiger partial charge in [0.25, 0.3) is 0 Å². The van der Waals surface area contributed by atoms with Crippen molar-refractivity contribution < 1.29 is 29.0 Å². The number of fused-ring (bicyclic) bond motifs is 1. The normalized spacial score (nSPS) is 30.4. The minimum absolute atomic E-state index is 0.00997. The largest absolute Gasteiger partial charge is 0.465 e. The molecule has 37 heavy (non-hydrogen) atoms. The Morgan fingerprint density at radius 1 is 1.19 bits per heavy atom. The van der Waals surface area contributed by atoms with Crippen LogP contribution in [0.5, 0.6) is 0 Å². The topological polar surface area (TPSA) is 96.4 Å². The Morgan fingerprint density at radius 3 is 2.51 bits per heavy atom. The number of unbranched alkanes of at least 4 members (excludes halogenated alkanes) is 3. The number of esters is 1. The summed E-state index contributed by atoms with van der Waals surface area (Å²) in [5, 5.41) is 9.35. The van der Waals surface area contributed by atoms with Crippen molar-refractivity contribution in [1.82, 2.24) is 9.80 Å². The van der Waals surface area contributed by atoms with Gasteiger partial charge in [-0.2, -0.15) is 0 Å². The molecule has 1 N–H and O–H groups in total. The summed E-state index contributed by atoms with van der Waals surface area (Å²) in [5.41, 5.74) is -2.37. The molecule has 0 aromatic carbocycles. The summed E-state index contributed by atoms with van der Waals surface area (Å²) in [7, 11) is 0. The highest BCUT2D eigenvalue weighted by atomic mass is 16.6. The highest BCUT2D eigenvalue weighted by Crippen LogP contribution is 2.64. The second kappa shape index (κ2) is 11.7. The molecular formula is C29H46N2O6. The standard InChI is InChI=1S/C29H46N2O6/c1-7-10-11-14-20-36-26(35)22-21-24(33)30(18-12-13-19-32)23(25(34)31(17-8-2)27(4,5)6)29(21)16-15-28(22,9-3)37-29/h7-8,21-23,32H,1-2,9-20H2,3-6H3/t21-,22-,23?,28+,29?/m0/s1. The Morgan fingerprint density at radius 2 is 1.92 bits per heavy atom. The van der Waals surface area contributed by atoms with Crippen molar-refractivity contribution in [2.45, 2.75) is 102 Å². The molecule has 2 bridgehead atoms. The lowest BCUT2D eigenvalue weighted by Gasteiger charge is -2.42. The van der Waals surface area contributed by atoms with E-state index in [0.29, 0.717) is 45.2 Å². The van der Waals surface area contributed by atoms with Gasteiger partial charge in [0, 0.05) is 25.2 Å². The maximum Gasteiger partial charge on any atom is 0.312 e. The van der Waals surface area contributed by atoms with E-state index in [1.165, 1.54) is 0 Å². The molecule has 2 unspecified atom stereocenters. The number of hydrogen-bond acceptors (Lipinski definition) is 6. The zero-order chi connectivity index (χ0) is 27.4. The summed E-state index contributed by atoms with van der Waals surface area (Å²) < 4.78 is 12.5. The van der Waals surface area contributed by atoms with E-state index in [-0.39, 0.29) is 25.0 Å². The fourth-order valence-electron chi connectivity index (χ4n) is 6.61. The molecule has 0 radical (unpaired) electrons. The number of allylic oxidation sites excluding steroid dienone is 1. The number of carbonyl (C=O) groups excluding carboxylic acids is 3. The van der Waals surface area contributed by atoms with E-state index in [9.17, 15) is 19.5 Å². The number of aliphatic hydroxyl groups excluding tert-OH is 1. The van der Waals surface area contributed by atoms with Crippen molar-refractivity contribution in [3.8, 4) is 0 Å². The Balaban J connectivity index is 1.99. The maximum absolute atomic E-state index is 14.3. The van der Waals surface area contributed by atoms with Crippen LogP contribution in [-0.2, 0) is 23.9 Å². The second-order valence-electron chi connectivity index (χ2n) is 11.7. The lowest BCUT2D eigenvalue weighted by atomic mass is 9.65. The lowest BCUT2D eigenvalue weighted by Crippen LogP contribution is -2.60. The lowest BCUT2D eigenvalue weighted by molar-refractivity contribution is -0.162. The van der Waals surface area contributed by atoms with Crippen LogP contribution in [0.1, 0.15) is 79.1 Å². The SMILES string of the molecule is C=CCCCCOC(=O)[C@@H]1[C@H]2C(=O)N(CCCCO)C(C(=O)N(CC=C)C(C)(C)C)C23CC[C@@]1(CC)O3. The van der Waals surface area contributed by atoms with Gasteiger partial charge in [0.05, 0.1) is 18.1 Å². The third kappa shape index (κ3) is 5.24. The molecule has 208 valence electrons. The van der Waals surface area contributed by atoms with Crippen LogP contribution in [0.25, 0.3) is 0 Å². The molecule has 3 rings (SSSR count). The quantitative estimate of drug-likeness (QED) is 0.214. The Labute approximate surface area is 222 Å². The summed E-state index contributed by atoms with van der Waals surface area (Å²) in [5.74, 6) is -2.29. The van der Waals surface area contributed by atoms with Crippen LogP contribution in [0.3, 0.4) is 0 Å². The van der Waals surface area contributed by atoms with Crippen LogP contribution < -0.4 is 0 Å². The molecule has 2 amide bonds. The van der Waals surface area contributed by atoms with Crippen molar-refractivity contribution in [2.24, 2.45) is 11.8 Å². The number of ether oxygens (including phenoxy) is 2. The summed E-state index contributed by atoms with van der Waals surface area (Å²) in [6.07, 6.45) is 8.79. The highest BCUT2D eigenvalue weighted by Gasteiger charge is 2.79. The number of carbonyl (C=O) groups is 3. The molecule has 3 fully saturated rings. The molecule has 1 spiro atoms. The molecule has 3 aliphatic rings. The van der Waals surface area contributed by atoms with Gasteiger partial charge in [-0.15, -0.1) is 13.2 Å². The van der Waals surface area contributed by atoms with E-state index in [1.54, 1.807) is 15.9 Å². The zero-order valence-electron chi connectivity index (χ0n) is 23.2. The van der Waals surface area contributed by atoms with Crippen LogP contribution in [0.4, 0.5) is 0 Å². The Kier molecular flexibility index (Phi) is 9.27. The molecule has 8 heteroatoms. The molecule has 0 aromatic heterocycles. The van der Waals surface area contributed by atoms with Gasteiger partial charge in [0.2, 0.25) is 11.8 Å². The average Bonchev–Trinajstić information content (AvgIpc) is 3.45. The number of hydrogen-bond donors (Lipinski definition) is 1. The predicted molar refractivity (Wildman–Crippen MR) is 142 cm³/mol. The van der Waals surface area contributed by atoms with Crippen LogP contribution in [0.15, 0.2) is 25.3 Å². The van der Waals surface area contributed by atoms with Crippen LogP contribution in [0, 0.1) is 11.8 Å². The fraction of sp³-hybridized carbons (Fsp3) is 0.759. The maximum atomic E-state index is 14.3. The van der Waals surface area contributed by atoms with Crippen molar-refractivity contribution >= 4 is 17.8 Å². The van der Waals surface area contributed by atoms with Gasteiger partial charge < -0.3 is 24.4 Å². The first-order valence-corrected chi connectivity index (χ1v) is 13.9. The number of rotatable bonds is 14. The highest BCUT2D eigenvalue weighted by molar-refractivity contribution is 5.98. The van der Waals surface area contributed by atoms with Crippen molar-refractivity contribution in [3.63, 3.8) is 0 Å².